The molecule has 3 amide bonds. The van der Waals surface area contributed by atoms with E-state index < -0.39 is 11.9 Å². The molecule has 0 saturated carbocycles. The highest BCUT2D eigenvalue weighted by Gasteiger charge is 2.49. The molecule has 1 saturated heterocycles. The standard InChI is InChI=1S/C18H19FN2O3/c1-11(16(22)20-10-12-6-8-13(19)9-7-12)21-17(23)14-4-2-3-5-15(14)18(21)24/h2-3,6-9,11,14-15H,4-5,10H2,1H3,(H,20,22)/t11-,14+,15+/m0/s1. The summed E-state index contributed by atoms with van der Waals surface area (Å²) in [5.41, 5.74) is 0.744. The third kappa shape index (κ3) is 2.96. The number of allylic oxidation sites excluding steroid dienone is 2. The van der Waals surface area contributed by atoms with Crippen LogP contribution in [0.4, 0.5) is 4.39 Å². The highest BCUT2D eigenvalue weighted by molar-refractivity contribution is 6.08. The molecule has 1 fully saturated rings. The van der Waals surface area contributed by atoms with E-state index in [1.807, 2.05) is 12.2 Å². The first-order chi connectivity index (χ1) is 11.5. The van der Waals surface area contributed by atoms with Gasteiger partial charge in [-0.15, -0.1) is 0 Å². The van der Waals surface area contributed by atoms with E-state index in [4.69, 9.17) is 0 Å². The Bertz CT molecular complexity index is 673. The van der Waals surface area contributed by atoms with Crippen molar-refractivity contribution in [2.45, 2.75) is 32.4 Å². The summed E-state index contributed by atoms with van der Waals surface area (Å²) in [5, 5.41) is 2.69. The van der Waals surface area contributed by atoms with Crippen LogP contribution in [-0.4, -0.2) is 28.7 Å². The van der Waals surface area contributed by atoms with Crippen molar-refractivity contribution in [3.05, 3.63) is 47.8 Å². The highest BCUT2D eigenvalue weighted by atomic mass is 19.1. The first-order valence-corrected chi connectivity index (χ1v) is 8.03. The number of halogens is 1. The van der Waals surface area contributed by atoms with Crippen molar-refractivity contribution in [1.82, 2.24) is 10.2 Å². The molecule has 0 bridgehead atoms. The lowest BCUT2D eigenvalue weighted by atomic mass is 9.85. The largest absolute Gasteiger partial charge is 0.350 e. The molecule has 126 valence electrons. The van der Waals surface area contributed by atoms with Gasteiger partial charge in [-0.05, 0) is 37.5 Å². The number of fused-ring (bicyclic) bond motifs is 1. The van der Waals surface area contributed by atoms with Crippen LogP contribution in [0.5, 0.6) is 0 Å². The van der Waals surface area contributed by atoms with Gasteiger partial charge in [0.25, 0.3) is 0 Å². The van der Waals surface area contributed by atoms with Crippen molar-refractivity contribution >= 4 is 17.7 Å². The summed E-state index contributed by atoms with van der Waals surface area (Å²) < 4.78 is 12.9. The van der Waals surface area contributed by atoms with E-state index in [2.05, 4.69) is 5.32 Å². The van der Waals surface area contributed by atoms with Crippen molar-refractivity contribution < 1.29 is 18.8 Å². The number of benzene rings is 1. The van der Waals surface area contributed by atoms with Gasteiger partial charge in [0.2, 0.25) is 17.7 Å². The van der Waals surface area contributed by atoms with Gasteiger partial charge < -0.3 is 5.32 Å². The molecule has 3 atom stereocenters. The minimum absolute atomic E-state index is 0.216. The summed E-state index contributed by atoms with van der Waals surface area (Å²) in [7, 11) is 0. The molecular formula is C18H19FN2O3. The summed E-state index contributed by atoms with van der Waals surface area (Å²) >= 11 is 0. The van der Waals surface area contributed by atoms with Crippen LogP contribution in [-0.2, 0) is 20.9 Å². The fraction of sp³-hybridized carbons (Fsp3) is 0.389. The molecule has 0 unspecified atom stereocenters. The number of likely N-dealkylation sites (tertiary alicyclic amines) is 1. The van der Waals surface area contributed by atoms with Crippen molar-refractivity contribution in [1.29, 1.82) is 0 Å². The molecule has 0 spiro atoms. The fourth-order valence-electron chi connectivity index (χ4n) is 3.26. The Morgan fingerprint density at radius 2 is 1.71 bits per heavy atom. The monoisotopic (exact) mass is 330 g/mol. The average molecular weight is 330 g/mol. The van der Waals surface area contributed by atoms with Gasteiger partial charge in [0, 0.05) is 6.54 Å². The maximum Gasteiger partial charge on any atom is 0.243 e. The molecule has 1 aliphatic carbocycles. The minimum atomic E-state index is -0.851. The maximum absolute atomic E-state index is 12.9. The van der Waals surface area contributed by atoms with Gasteiger partial charge in [0.15, 0.2) is 0 Å². The van der Waals surface area contributed by atoms with Gasteiger partial charge in [-0.3, -0.25) is 19.3 Å². The molecule has 24 heavy (non-hydrogen) atoms. The number of carbonyl (C=O) groups is 3. The van der Waals surface area contributed by atoms with Crippen LogP contribution >= 0.6 is 0 Å². The average Bonchev–Trinajstić information content (AvgIpc) is 2.85. The summed E-state index contributed by atoms with van der Waals surface area (Å²) in [6.45, 7) is 1.77. The first-order valence-electron chi connectivity index (χ1n) is 8.03. The number of rotatable bonds is 4. The van der Waals surface area contributed by atoms with Gasteiger partial charge in [0.05, 0.1) is 11.8 Å². The molecule has 3 rings (SSSR count). The molecule has 2 aliphatic rings. The zero-order chi connectivity index (χ0) is 17.3. The van der Waals surface area contributed by atoms with E-state index in [0.717, 1.165) is 10.5 Å². The third-order valence-electron chi connectivity index (χ3n) is 4.69. The lowest BCUT2D eigenvalue weighted by Gasteiger charge is -2.22. The van der Waals surface area contributed by atoms with Gasteiger partial charge in [-0.1, -0.05) is 24.3 Å². The Labute approximate surface area is 139 Å². The van der Waals surface area contributed by atoms with Crippen molar-refractivity contribution in [3.8, 4) is 0 Å². The van der Waals surface area contributed by atoms with Crippen LogP contribution in [0.15, 0.2) is 36.4 Å². The second-order valence-corrected chi connectivity index (χ2v) is 6.22. The summed E-state index contributed by atoms with van der Waals surface area (Å²) in [6, 6.07) is 4.93. The Morgan fingerprint density at radius 3 is 2.25 bits per heavy atom. The quantitative estimate of drug-likeness (QED) is 0.676. The van der Waals surface area contributed by atoms with E-state index in [1.54, 1.807) is 19.1 Å². The van der Waals surface area contributed by atoms with Crippen LogP contribution in [0.2, 0.25) is 0 Å². The topological polar surface area (TPSA) is 66.5 Å². The van der Waals surface area contributed by atoms with Crippen LogP contribution < -0.4 is 5.32 Å². The van der Waals surface area contributed by atoms with Crippen molar-refractivity contribution in [2.75, 3.05) is 0 Å². The van der Waals surface area contributed by atoms with E-state index >= 15 is 0 Å². The third-order valence-corrected chi connectivity index (χ3v) is 4.69. The molecule has 6 heteroatoms. The number of amides is 3. The van der Waals surface area contributed by atoms with Crippen LogP contribution in [0, 0.1) is 17.7 Å². The van der Waals surface area contributed by atoms with E-state index in [0.29, 0.717) is 12.8 Å². The predicted molar refractivity (Wildman–Crippen MR) is 84.9 cm³/mol. The van der Waals surface area contributed by atoms with Gasteiger partial charge >= 0.3 is 0 Å². The molecule has 1 aromatic rings. The Balaban J connectivity index is 1.64. The maximum atomic E-state index is 12.9. The van der Waals surface area contributed by atoms with E-state index in [-0.39, 0.29) is 36.0 Å². The van der Waals surface area contributed by atoms with Gasteiger partial charge in [-0.25, -0.2) is 4.39 Å². The Kier molecular flexibility index (Phi) is 4.46. The molecule has 1 N–H and O–H groups in total. The van der Waals surface area contributed by atoms with Crippen molar-refractivity contribution in [2.24, 2.45) is 11.8 Å². The van der Waals surface area contributed by atoms with Gasteiger partial charge in [0.1, 0.15) is 11.9 Å². The van der Waals surface area contributed by atoms with Crippen molar-refractivity contribution in [3.63, 3.8) is 0 Å². The van der Waals surface area contributed by atoms with Crippen LogP contribution in [0.1, 0.15) is 25.3 Å². The number of hydrogen-bond donors (Lipinski definition) is 1. The number of hydrogen-bond acceptors (Lipinski definition) is 3. The molecular weight excluding hydrogens is 311 g/mol. The molecule has 1 heterocycles. The normalized spacial score (nSPS) is 24.0. The molecule has 0 radical (unpaired) electrons. The smallest absolute Gasteiger partial charge is 0.243 e. The lowest BCUT2D eigenvalue weighted by Crippen LogP contribution is -2.48. The number of nitrogens with one attached hydrogen (secondary N) is 1. The summed E-state index contributed by atoms with van der Waals surface area (Å²) in [4.78, 5) is 38.3. The van der Waals surface area contributed by atoms with E-state index in [1.165, 1.54) is 12.1 Å². The zero-order valence-electron chi connectivity index (χ0n) is 13.4. The summed E-state index contributed by atoms with van der Waals surface area (Å²) in [6.07, 6.45) is 4.93. The highest BCUT2D eigenvalue weighted by Crippen LogP contribution is 2.36. The SMILES string of the molecule is C[C@@H](C(=O)NCc1ccc(F)cc1)N1C(=O)[C@@H]2CC=CC[C@H]2C1=O. The second-order valence-electron chi connectivity index (χ2n) is 6.22. The number of imide groups is 1. The Hall–Kier alpha value is -2.50. The zero-order valence-corrected chi connectivity index (χ0v) is 13.4. The lowest BCUT2D eigenvalue weighted by molar-refractivity contribution is -0.147. The summed E-state index contributed by atoms with van der Waals surface area (Å²) in [5.74, 6) is -1.95. The van der Waals surface area contributed by atoms with Gasteiger partial charge in [-0.2, -0.15) is 0 Å². The molecule has 1 aromatic carbocycles. The van der Waals surface area contributed by atoms with Crippen LogP contribution in [0.3, 0.4) is 0 Å². The predicted octanol–water partition coefficient (Wildman–Crippen LogP) is 1.78. The Morgan fingerprint density at radius 1 is 1.17 bits per heavy atom. The molecule has 1 aliphatic heterocycles. The number of carbonyl (C=O) groups excluding carboxylic acids is 3. The fourth-order valence-corrected chi connectivity index (χ4v) is 3.26. The first kappa shape index (κ1) is 16.4. The minimum Gasteiger partial charge on any atom is -0.350 e. The number of nitrogens with zero attached hydrogens (tertiary/aromatic N) is 1. The van der Waals surface area contributed by atoms with E-state index in [9.17, 15) is 18.8 Å². The second kappa shape index (κ2) is 6.55. The molecule has 0 aromatic heterocycles. The van der Waals surface area contributed by atoms with Crippen LogP contribution in [0.25, 0.3) is 0 Å². The molecule has 5 nitrogen and oxygen atoms in total.